The molecular formula is C16H23NO2. The Morgan fingerprint density at radius 3 is 2.47 bits per heavy atom. The summed E-state index contributed by atoms with van der Waals surface area (Å²) < 4.78 is 5.27. The normalized spacial score (nSPS) is 13.3. The molecule has 1 N–H and O–H groups in total. The minimum Gasteiger partial charge on any atom is -0.444 e. The first kappa shape index (κ1) is 15.3. The van der Waals surface area contributed by atoms with Crippen LogP contribution in [-0.4, -0.2) is 17.7 Å². The van der Waals surface area contributed by atoms with Gasteiger partial charge in [0.15, 0.2) is 0 Å². The highest BCUT2D eigenvalue weighted by Gasteiger charge is 2.18. The van der Waals surface area contributed by atoms with Crippen LogP contribution in [0.3, 0.4) is 0 Å². The second-order valence-corrected chi connectivity index (χ2v) is 5.47. The van der Waals surface area contributed by atoms with E-state index in [2.05, 4.69) is 5.32 Å². The van der Waals surface area contributed by atoms with Gasteiger partial charge in [-0.15, -0.1) is 0 Å². The van der Waals surface area contributed by atoms with E-state index in [4.69, 9.17) is 4.74 Å². The van der Waals surface area contributed by atoms with Gasteiger partial charge < -0.3 is 10.1 Å². The predicted molar refractivity (Wildman–Crippen MR) is 78.1 cm³/mol. The fraction of sp³-hybridized carbons (Fsp3) is 0.438. The van der Waals surface area contributed by atoms with E-state index in [1.807, 2.05) is 70.2 Å². The Kier molecular flexibility index (Phi) is 5.61. The number of carbonyl (C=O) groups is 1. The van der Waals surface area contributed by atoms with Crippen molar-refractivity contribution in [3.8, 4) is 0 Å². The van der Waals surface area contributed by atoms with Gasteiger partial charge in [-0.1, -0.05) is 42.5 Å². The number of benzene rings is 1. The van der Waals surface area contributed by atoms with Crippen molar-refractivity contribution >= 4 is 6.09 Å². The van der Waals surface area contributed by atoms with Crippen LogP contribution in [0.1, 0.15) is 33.3 Å². The predicted octanol–water partition coefficient (Wildman–Crippen LogP) is 3.70. The van der Waals surface area contributed by atoms with Crippen LogP contribution in [-0.2, 0) is 11.2 Å². The molecule has 1 amide bonds. The summed E-state index contributed by atoms with van der Waals surface area (Å²) in [6.07, 6.45) is 4.28. The van der Waals surface area contributed by atoms with Crippen LogP contribution in [0.4, 0.5) is 4.79 Å². The molecule has 0 fully saturated rings. The number of rotatable bonds is 4. The van der Waals surface area contributed by atoms with Crippen molar-refractivity contribution in [2.75, 3.05) is 0 Å². The maximum atomic E-state index is 11.8. The first-order chi connectivity index (χ1) is 8.90. The molecule has 3 heteroatoms. The highest BCUT2D eigenvalue weighted by atomic mass is 16.6. The van der Waals surface area contributed by atoms with E-state index in [-0.39, 0.29) is 12.1 Å². The second-order valence-electron chi connectivity index (χ2n) is 5.47. The zero-order chi connectivity index (χ0) is 14.3. The number of alkyl carbamates (subject to hydrolysis) is 1. The Labute approximate surface area is 115 Å². The quantitative estimate of drug-likeness (QED) is 0.839. The van der Waals surface area contributed by atoms with E-state index in [9.17, 15) is 4.79 Å². The third kappa shape index (κ3) is 6.65. The lowest BCUT2D eigenvalue weighted by Crippen LogP contribution is -2.39. The smallest absolute Gasteiger partial charge is 0.408 e. The molecule has 1 atom stereocenters. The van der Waals surface area contributed by atoms with E-state index >= 15 is 0 Å². The lowest BCUT2D eigenvalue weighted by molar-refractivity contribution is 0.0514. The van der Waals surface area contributed by atoms with Crippen molar-refractivity contribution in [1.82, 2.24) is 5.32 Å². The summed E-state index contributed by atoms with van der Waals surface area (Å²) in [6.45, 7) is 7.51. The molecule has 0 aliphatic heterocycles. The molecule has 1 aromatic rings. The molecule has 3 nitrogen and oxygen atoms in total. The number of nitrogens with one attached hydrogen (secondary N) is 1. The summed E-state index contributed by atoms with van der Waals surface area (Å²) in [6, 6.07) is 10.0. The molecule has 1 unspecified atom stereocenters. The van der Waals surface area contributed by atoms with E-state index in [1.165, 1.54) is 5.56 Å². The Balaban J connectivity index is 2.61. The van der Waals surface area contributed by atoms with E-state index in [0.717, 1.165) is 6.42 Å². The number of amides is 1. The molecule has 0 radical (unpaired) electrons. The van der Waals surface area contributed by atoms with Crippen LogP contribution in [0, 0.1) is 0 Å². The SMILES string of the molecule is C/C=C/C(Cc1ccccc1)NC(=O)OC(C)(C)C. The molecule has 0 saturated heterocycles. The van der Waals surface area contributed by atoms with Gasteiger partial charge in [-0.25, -0.2) is 4.79 Å². The molecule has 0 heterocycles. The van der Waals surface area contributed by atoms with E-state index < -0.39 is 5.60 Å². The van der Waals surface area contributed by atoms with Gasteiger partial charge in [0.05, 0.1) is 6.04 Å². The van der Waals surface area contributed by atoms with E-state index in [1.54, 1.807) is 0 Å². The molecular weight excluding hydrogens is 238 g/mol. The topological polar surface area (TPSA) is 38.3 Å². The third-order valence-electron chi connectivity index (χ3n) is 2.43. The first-order valence-electron chi connectivity index (χ1n) is 6.57. The number of ether oxygens (including phenoxy) is 1. The number of hydrogen-bond acceptors (Lipinski definition) is 2. The molecule has 0 aliphatic rings. The van der Waals surface area contributed by atoms with Gasteiger partial charge in [0.1, 0.15) is 5.60 Å². The summed E-state index contributed by atoms with van der Waals surface area (Å²) in [5.74, 6) is 0. The number of hydrogen-bond donors (Lipinski definition) is 1. The molecule has 104 valence electrons. The fourth-order valence-electron chi connectivity index (χ4n) is 1.73. The van der Waals surface area contributed by atoms with Gasteiger partial charge in [-0.05, 0) is 39.7 Å². The lowest BCUT2D eigenvalue weighted by atomic mass is 10.1. The zero-order valence-corrected chi connectivity index (χ0v) is 12.1. The van der Waals surface area contributed by atoms with Gasteiger partial charge >= 0.3 is 6.09 Å². The Bertz CT molecular complexity index is 418. The van der Waals surface area contributed by atoms with Gasteiger partial charge in [0.2, 0.25) is 0 Å². The summed E-state index contributed by atoms with van der Waals surface area (Å²) in [5, 5.41) is 2.87. The van der Waals surface area contributed by atoms with Crippen LogP contribution >= 0.6 is 0 Å². The summed E-state index contributed by atoms with van der Waals surface area (Å²) >= 11 is 0. The minimum atomic E-state index is -0.475. The molecule has 0 saturated carbocycles. The lowest BCUT2D eigenvalue weighted by Gasteiger charge is -2.22. The van der Waals surface area contributed by atoms with Crippen molar-refractivity contribution < 1.29 is 9.53 Å². The number of allylic oxidation sites excluding steroid dienone is 1. The molecule has 0 aliphatic carbocycles. The van der Waals surface area contributed by atoms with Crippen molar-refractivity contribution in [2.45, 2.75) is 45.8 Å². The van der Waals surface area contributed by atoms with Crippen molar-refractivity contribution in [1.29, 1.82) is 0 Å². The Hall–Kier alpha value is -1.77. The van der Waals surface area contributed by atoms with Gasteiger partial charge in [0.25, 0.3) is 0 Å². The molecule has 1 aromatic carbocycles. The molecule has 0 aromatic heterocycles. The Morgan fingerprint density at radius 2 is 1.95 bits per heavy atom. The monoisotopic (exact) mass is 261 g/mol. The van der Waals surface area contributed by atoms with Crippen molar-refractivity contribution in [3.63, 3.8) is 0 Å². The fourth-order valence-corrected chi connectivity index (χ4v) is 1.73. The summed E-state index contributed by atoms with van der Waals surface area (Å²) in [5.41, 5.74) is 0.707. The second kappa shape index (κ2) is 6.98. The number of carbonyl (C=O) groups excluding carboxylic acids is 1. The third-order valence-corrected chi connectivity index (χ3v) is 2.43. The van der Waals surface area contributed by atoms with Crippen molar-refractivity contribution in [3.05, 3.63) is 48.0 Å². The molecule has 0 spiro atoms. The first-order valence-corrected chi connectivity index (χ1v) is 6.57. The largest absolute Gasteiger partial charge is 0.444 e. The van der Waals surface area contributed by atoms with Crippen LogP contribution in [0.5, 0.6) is 0 Å². The average molecular weight is 261 g/mol. The average Bonchev–Trinajstić information content (AvgIpc) is 2.27. The van der Waals surface area contributed by atoms with Crippen LogP contribution in [0.2, 0.25) is 0 Å². The highest BCUT2D eigenvalue weighted by molar-refractivity contribution is 5.68. The summed E-state index contributed by atoms with van der Waals surface area (Å²) in [4.78, 5) is 11.8. The van der Waals surface area contributed by atoms with Crippen molar-refractivity contribution in [2.24, 2.45) is 0 Å². The van der Waals surface area contributed by atoms with Crippen LogP contribution in [0.25, 0.3) is 0 Å². The van der Waals surface area contributed by atoms with Crippen LogP contribution < -0.4 is 5.32 Å². The highest BCUT2D eigenvalue weighted by Crippen LogP contribution is 2.09. The molecule has 19 heavy (non-hydrogen) atoms. The maximum absolute atomic E-state index is 11.8. The van der Waals surface area contributed by atoms with Crippen LogP contribution in [0.15, 0.2) is 42.5 Å². The summed E-state index contributed by atoms with van der Waals surface area (Å²) in [7, 11) is 0. The van der Waals surface area contributed by atoms with Gasteiger partial charge in [-0.3, -0.25) is 0 Å². The minimum absolute atomic E-state index is 0.0535. The zero-order valence-electron chi connectivity index (χ0n) is 12.1. The van der Waals surface area contributed by atoms with Gasteiger partial charge in [0, 0.05) is 0 Å². The van der Waals surface area contributed by atoms with Gasteiger partial charge in [-0.2, -0.15) is 0 Å². The van der Waals surface area contributed by atoms with E-state index in [0.29, 0.717) is 0 Å². The maximum Gasteiger partial charge on any atom is 0.408 e. The molecule has 1 rings (SSSR count). The standard InChI is InChI=1S/C16H23NO2/c1-5-9-14(12-13-10-7-6-8-11-13)17-15(18)19-16(2,3)4/h5-11,14H,12H2,1-4H3,(H,17,18)/b9-5+. The molecule has 0 bridgehead atoms. The Morgan fingerprint density at radius 1 is 1.32 bits per heavy atom.